The van der Waals surface area contributed by atoms with Crippen LogP contribution in [0.25, 0.3) is 0 Å². The van der Waals surface area contributed by atoms with E-state index in [2.05, 4.69) is 0 Å². The first-order valence-electron chi connectivity index (χ1n) is 5.77. The van der Waals surface area contributed by atoms with Crippen LogP contribution in [0, 0.1) is 10.1 Å². The van der Waals surface area contributed by atoms with Gasteiger partial charge in [0.1, 0.15) is 0 Å². The van der Waals surface area contributed by atoms with Crippen molar-refractivity contribution < 1.29 is 14.5 Å². The second-order valence-electron chi connectivity index (χ2n) is 4.41. The van der Waals surface area contributed by atoms with Gasteiger partial charge in [-0.05, 0) is 19.9 Å². The third-order valence-corrected chi connectivity index (χ3v) is 2.93. The molecule has 0 bridgehead atoms. The average Bonchev–Trinajstić information content (AvgIpc) is 2.34. The lowest BCUT2D eigenvalue weighted by atomic mass is 10.1. The molecule has 2 amide bonds. The van der Waals surface area contributed by atoms with E-state index >= 15 is 0 Å². The molecule has 20 heavy (non-hydrogen) atoms. The molecule has 0 fully saturated rings. The third-order valence-electron chi connectivity index (χ3n) is 2.60. The molecule has 0 aliphatic heterocycles. The van der Waals surface area contributed by atoms with Gasteiger partial charge < -0.3 is 10.6 Å². The summed E-state index contributed by atoms with van der Waals surface area (Å²) in [7, 11) is 0. The van der Waals surface area contributed by atoms with E-state index in [0.717, 1.165) is 6.07 Å². The number of nitro benzene ring substituents is 1. The van der Waals surface area contributed by atoms with Crippen LogP contribution in [0.4, 0.5) is 5.69 Å². The summed E-state index contributed by atoms with van der Waals surface area (Å²) in [5.41, 5.74) is 4.81. The van der Waals surface area contributed by atoms with Crippen molar-refractivity contribution in [3.05, 3.63) is 38.9 Å². The summed E-state index contributed by atoms with van der Waals surface area (Å²) in [5.74, 6) is -1.25. The van der Waals surface area contributed by atoms with Gasteiger partial charge in [-0.1, -0.05) is 11.6 Å². The van der Waals surface area contributed by atoms with Gasteiger partial charge in [0, 0.05) is 18.2 Å². The molecule has 0 aromatic heterocycles. The Labute approximate surface area is 120 Å². The minimum absolute atomic E-state index is 0.0317. The van der Waals surface area contributed by atoms with E-state index in [9.17, 15) is 19.7 Å². The maximum atomic E-state index is 12.3. The lowest BCUT2D eigenvalue weighted by molar-refractivity contribution is -0.384. The first-order chi connectivity index (χ1) is 9.23. The lowest BCUT2D eigenvalue weighted by Crippen LogP contribution is -2.42. The number of nitro groups is 1. The smallest absolute Gasteiger partial charge is 0.270 e. The minimum Gasteiger partial charge on any atom is -0.368 e. The molecule has 0 saturated carbocycles. The minimum atomic E-state index is -0.673. The number of non-ortho nitro benzene ring substituents is 1. The molecule has 0 aliphatic rings. The van der Waals surface area contributed by atoms with Crippen molar-refractivity contribution in [3.8, 4) is 0 Å². The van der Waals surface area contributed by atoms with Gasteiger partial charge in [0.05, 0.1) is 22.1 Å². The Morgan fingerprint density at radius 1 is 1.45 bits per heavy atom. The Kier molecular flexibility index (Phi) is 5.04. The van der Waals surface area contributed by atoms with Crippen LogP contribution in [-0.2, 0) is 4.79 Å². The number of rotatable bonds is 5. The second kappa shape index (κ2) is 6.33. The topological polar surface area (TPSA) is 107 Å². The SMILES string of the molecule is CC(C)N(CC(N)=O)C(=O)c1cc([N+](=O)[O-])ccc1Cl. The lowest BCUT2D eigenvalue weighted by Gasteiger charge is -2.25. The highest BCUT2D eigenvalue weighted by molar-refractivity contribution is 6.34. The van der Waals surface area contributed by atoms with Crippen LogP contribution < -0.4 is 5.73 Å². The van der Waals surface area contributed by atoms with Crippen LogP contribution in [-0.4, -0.2) is 34.2 Å². The van der Waals surface area contributed by atoms with Crippen LogP contribution in [0.3, 0.4) is 0 Å². The van der Waals surface area contributed by atoms with Crippen molar-refractivity contribution in [1.29, 1.82) is 0 Å². The van der Waals surface area contributed by atoms with Crippen LogP contribution in [0.1, 0.15) is 24.2 Å². The second-order valence-corrected chi connectivity index (χ2v) is 4.82. The highest BCUT2D eigenvalue weighted by Crippen LogP contribution is 2.24. The Morgan fingerprint density at radius 2 is 2.05 bits per heavy atom. The number of primary amides is 1. The van der Waals surface area contributed by atoms with Gasteiger partial charge in [-0.15, -0.1) is 0 Å². The monoisotopic (exact) mass is 299 g/mol. The van der Waals surface area contributed by atoms with Crippen molar-refractivity contribution in [2.24, 2.45) is 5.73 Å². The molecule has 0 aliphatic carbocycles. The first-order valence-corrected chi connectivity index (χ1v) is 6.15. The number of halogens is 1. The van der Waals surface area contributed by atoms with Gasteiger partial charge >= 0.3 is 0 Å². The van der Waals surface area contributed by atoms with E-state index in [0.29, 0.717) is 0 Å². The number of hydrogen-bond donors (Lipinski definition) is 1. The predicted octanol–water partition coefficient (Wildman–Crippen LogP) is 1.58. The summed E-state index contributed by atoms with van der Waals surface area (Å²) >= 11 is 5.89. The van der Waals surface area contributed by atoms with Gasteiger partial charge in [0.2, 0.25) is 5.91 Å². The highest BCUT2D eigenvalue weighted by Gasteiger charge is 2.24. The molecular weight excluding hydrogens is 286 g/mol. The Hall–Kier alpha value is -2.15. The molecule has 1 aromatic carbocycles. The molecule has 0 spiro atoms. The fourth-order valence-corrected chi connectivity index (χ4v) is 1.80. The molecule has 2 N–H and O–H groups in total. The van der Waals surface area contributed by atoms with Gasteiger partial charge in [-0.2, -0.15) is 0 Å². The van der Waals surface area contributed by atoms with Crippen molar-refractivity contribution >= 4 is 29.1 Å². The van der Waals surface area contributed by atoms with Crippen molar-refractivity contribution in [3.63, 3.8) is 0 Å². The Morgan fingerprint density at radius 3 is 2.50 bits per heavy atom. The number of hydrogen-bond acceptors (Lipinski definition) is 4. The van der Waals surface area contributed by atoms with E-state index in [-0.39, 0.29) is 28.9 Å². The number of benzene rings is 1. The number of nitrogens with zero attached hydrogens (tertiary/aromatic N) is 2. The molecule has 0 atom stereocenters. The molecule has 0 radical (unpaired) electrons. The van der Waals surface area contributed by atoms with Gasteiger partial charge in [-0.25, -0.2) is 0 Å². The van der Waals surface area contributed by atoms with E-state index in [4.69, 9.17) is 17.3 Å². The molecular formula is C12H14ClN3O4. The standard InChI is InChI=1S/C12H14ClN3O4/c1-7(2)15(6-11(14)17)12(18)9-5-8(16(19)20)3-4-10(9)13/h3-5,7H,6H2,1-2H3,(H2,14,17). The number of carbonyl (C=O) groups excluding carboxylic acids is 2. The zero-order chi connectivity index (χ0) is 15.4. The number of carbonyl (C=O) groups is 2. The summed E-state index contributed by atoms with van der Waals surface area (Å²) < 4.78 is 0. The molecule has 8 heteroatoms. The van der Waals surface area contributed by atoms with E-state index in [1.807, 2.05) is 0 Å². The van der Waals surface area contributed by atoms with Crippen molar-refractivity contribution in [2.75, 3.05) is 6.54 Å². The average molecular weight is 300 g/mol. The van der Waals surface area contributed by atoms with Crippen LogP contribution in [0.2, 0.25) is 5.02 Å². The fourth-order valence-electron chi connectivity index (χ4n) is 1.60. The largest absolute Gasteiger partial charge is 0.368 e. The van der Waals surface area contributed by atoms with Crippen LogP contribution >= 0.6 is 11.6 Å². The fraction of sp³-hybridized carbons (Fsp3) is 0.333. The molecule has 0 unspecified atom stereocenters. The Balaban J connectivity index is 3.20. The maximum absolute atomic E-state index is 12.3. The predicted molar refractivity (Wildman–Crippen MR) is 73.5 cm³/mol. The van der Waals surface area contributed by atoms with E-state index in [1.54, 1.807) is 13.8 Å². The maximum Gasteiger partial charge on any atom is 0.270 e. The zero-order valence-electron chi connectivity index (χ0n) is 11.0. The normalized spacial score (nSPS) is 10.4. The molecule has 7 nitrogen and oxygen atoms in total. The zero-order valence-corrected chi connectivity index (χ0v) is 11.8. The van der Waals surface area contributed by atoms with Crippen LogP contribution in [0.15, 0.2) is 18.2 Å². The quantitative estimate of drug-likeness (QED) is 0.658. The van der Waals surface area contributed by atoms with Crippen LogP contribution in [0.5, 0.6) is 0 Å². The van der Waals surface area contributed by atoms with Gasteiger partial charge in [0.25, 0.3) is 11.6 Å². The molecule has 108 valence electrons. The van der Waals surface area contributed by atoms with E-state index < -0.39 is 16.7 Å². The molecule has 1 aromatic rings. The first kappa shape index (κ1) is 15.9. The third kappa shape index (κ3) is 3.67. The van der Waals surface area contributed by atoms with Crippen molar-refractivity contribution in [2.45, 2.75) is 19.9 Å². The van der Waals surface area contributed by atoms with E-state index in [1.165, 1.54) is 17.0 Å². The summed E-state index contributed by atoms with van der Waals surface area (Å²) in [5, 5.41) is 10.8. The molecule has 1 rings (SSSR count). The summed E-state index contributed by atoms with van der Waals surface area (Å²) in [6.45, 7) is 3.12. The summed E-state index contributed by atoms with van der Waals surface area (Å²) in [6.07, 6.45) is 0. The number of nitrogens with two attached hydrogens (primary N) is 1. The van der Waals surface area contributed by atoms with Crippen molar-refractivity contribution in [1.82, 2.24) is 4.90 Å². The molecule has 0 heterocycles. The molecule has 0 saturated heterocycles. The highest BCUT2D eigenvalue weighted by atomic mass is 35.5. The van der Waals surface area contributed by atoms with Gasteiger partial charge in [-0.3, -0.25) is 19.7 Å². The Bertz CT molecular complexity index is 560. The van der Waals surface area contributed by atoms with Gasteiger partial charge in [0.15, 0.2) is 0 Å². The summed E-state index contributed by atoms with van der Waals surface area (Å²) in [4.78, 5) is 34.6. The summed E-state index contributed by atoms with van der Waals surface area (Å²) in [6, 6.07) is 3.26. The number of amides is 2.